The highest BCUT2D eigenvalue weighted by Crippen LogP contribution is 2.31. The number of carbonyl (C=O) groups is 1. The van der Waals surface area contributed by atoms with Crippen molar-refractivity contribution in [3.05, 3.63) is 34.4 Å². The lowest BCUT2D eigenvalue weighted by molar-refractivity contribution is 0.0983. The van der Waals surface area contributed by atoms with Gasteiger partial charge >= 0.3 is 0 Å². The van der Waals surface area contributed by atoms with Crippen molar-refractivity contribution >= 4 is 17.5 Å². The number of rotatable bonds is 0. The van der Waals surface area contributed by atoms with Crippen LogP contribution in [0.25, 0.3) is 0 Å². The van der Waals surface area contributed by atoms with Gasteiger partial charge in [0.05, 0.1) is 0 Å². The van der Waals surface area contributed by atoms with Gasteiger partial charge in [-0.05, 0) is 25.0 Å². The molecule has 80 valence electrons. The summed E-state index contributed by atoms with van der Waals surface area (Å²) in [5, 5.41) is 0.449. The van der Waals surface area contributed by atoms with Gasteiger partial charge in [-0.1, -0.05) is 24.6 Å². The third kappa shape index (κ3) is 2.10. The van der Waals surface area contributed by atoms with Crippen LogP contribution in [-0.4, -0.2) is 11.0 Å². The van der Waals surface area contributed by atoms with Crippen molar-refractivity contribution in [1.82, 2.24) is 0 Å². The highest BCUT2D eigenvalue weighted by Gasteiger charge is 2.21. The summed E-state index contributed by atoms with van der Waals surface area (Å²) in [5.74, 6) is 1.30. The zero-order valence-electron chi connectivity index (χ0n) is 9.46. The molecule has 0 amide bonds. The van der Waals surface area contributed by atoms with E-state index >= 15 is 0 Å². The van der Waals surface area contributed by atoms with E-state index in [0.29, 0.717) is 17.5 Å². The van der Waals surface area contributed by atoms with Crippen LogP contribution in [0.15, 0.2) is 12.1 Å². The number of fused-ring (bicyclic) bond motifs is 1. The second kappa shape index (κ2) is 4.01. The average Bonchev–Trinajstić information content (AvgIpc) is 2.25. The first-order chi connectivity index (χ1) is 7.08. The van der Waals surface area contributed by atoms with Crippen molar-refractivity contribution < 1.29 is 4.79 Å². The summed E-state index contributed by atoms with van der Waals surface area (Å²) in [7, 11) is 0. The van der Waals surface area contributed by atoms with Gasteiger partial charge in [0, 0.05) is 23.0 Å². The Morgan fingerprint density at radius 1 is 1.33 bits per heavy atom. The molecule has 0 spiro atoms. The monoisotopic (exact) mass is 220 g/mol. The molecule has 0 bridgehead atoms. The molecule has 1 nitrogen and oxygen atoms in total. The van der Waals surface area contributed by atoms with Gasteiger partial charge in [-0.2, -0.15) is 11.8 Å². The van der Waals surface area contributed by atoms with Crippen LogP contribution >= 0.6 is 11.8 Å². The fourth-order valence-electron chi connectivity index (χ4n) is 2.22. The van der Waals surface area contributed by atoms with E-state index in [-0.39, 0.29) is 0 Å². The molecule has 0 fully saturated rings. The van der Waals surface area contributed by atoms with Crippen molar-refractivity contribution in [1.29, 1.82) is 0 Å². The summed E-state index contributed by atoms with van der Waals surface area (Å²) in [6.45, 7) is 6.28. The number of Topliss-reactive ketones (excluding diaryl/α,β-unsaturated/α-hetero) is 1. The minimum atomic E-state index is 0.319. The van der Waals surface area contributed by atoms with Crippen LogP contribution in [0.5, 0.6) is 0 Å². The summed E-state index contributed by atoms with van der Waals surface area (Å²) < 4.78 is 0. The van der Waals surface area contributed by atoms with E-state index in [9.17, 15) is 4.79 Å². The molecular formula is C13H16OS. The third-order valence-electron chi connectivity index (χ3n) is 2.84. The zero-order chi connectivity index (χ0) is 11.0. The van der Waals surface area contributed by atoms with Gasteiger partial charge in [0.1, 0.15) is 0 Å². The molecule has 15 heavy (non-hydrogen) atoms. The summed E-state index contributed by atoms with van der Waals surface area (Å²) in [4.78, 5) is 12.0. The number of benzene rings is 1. The fourth-order valence-corrected chi connectivity index (χ4v) is 3.18. The first kappa shape index (κ1) is 10.7. The van der Waals surface area contributed by atoms with E-state index < -0.39 is 0 Å². The maximum Gasteiger partial charge on any atom is 0.164 e. The standard InChI is InChI=1S/C13H16OS/c1-8-4-9(2)13-11(5-8)7-15-10(3)6-12(13)14/h4-5,10H,6-7H2,1-3H3. The Bertz CT molecular complexity index is 409. The Balaban J connectivity index is 2.53. The molecule has 1 atom stereocenters. The fraction of sp³-hybridized carbons (Fsp3) is 0.462. The molecule has 0 saturated carbocycles. The minimum Gasteiger partial charge on any atom is -0.294 e. The van der Waals surface area contributed by atoms with Crippen LogP contribution in [0.3, 0.4) is 0 Å². The number of hydrogen-bond donors (Lipinski definition) is 0. The molecule has 1 aromatic rings. The second-order valence-electron chi connectivity index (χ2n) is 4.36. The lowest BCUT2D eigenvalue weighted by Crippen LogP contribution is -2.07. The Morgan fingerprint density at radius 3 is 2.80 bits per heavy atom. The van der Waals surface area contributed by atoms with Gasteiger partial charge in [-0.3, -0.25) is 4.79 Å². The first-order valence-corrected chi connectivity index (χ1v) is 6.37. The lowest BCUT2D eigenvalue weighted by Gasteiger charge is -2.09. The van der Waals surface area contributed by atoms with E-state index in [1.54, 1.807) is 0 Å². The van der Waals surface area contributed by atoms with Crippen molar-refractivity contribution in [2.45, 2.75) is 38.2 Å². The van der Waals surface area contributed by atoms with Crippen molar-refractivity contribution in [2.24, 2.45) is 0 Å². The van der Waals surface area contributed by atoms with Crippen molar-refractivity contribution in [2.75, 3.05) is 0 Å². The molecule has 1 aromatic carbocycles. The molecule has 0 aromatic heterocycles. The van der Waals surface area contributed by atoms with E-state index in [4.69, 9.17) is 0 Å². The van der Waals surface area contributed by atoms with E-state index in [0.717, 1.165) is 16.9 Å². The van der Waals surface area contributed by atoms with Crippen molar-refractivity contribution in [3.63, 3.8) is 0 Å². The third-order valence-corrected chi connectivity index (χ3v) is 4.05. The predicted molar refractivity (Wildman–Crippen MR) is 65.6 cm³/mol. The summed E-state index contributed by atoms with van der Waals surface area (Å²) in [5.41, 5.74) is 4.61. The minimum absolute atomic E-state index is 0.319. The molecule has 1 aliphatic rings. The van der Waals surface area contributed by atoms with Gasteiger partial charge in [-0.15, -0.1) is 0 Å². The molecule has 1 aliphatic heterocycles. The smallest absolute Gasteiger partial charge is 0.164 e. The van der Waals surface area contributed by atoms with Crippen LogP contribution in [0.2, 0.25) is 0 Å². The number of carbonyl (C=O) groups excluding carboxylic acids is 1. The Labute approximate surface area is 95.3 Å². The van der Waals surface area contributed by atoms with Crippen LogP contribution in [-0.2, 0) is 5.75 Å². The highest BCUT2D eigenvalue weighted by atomic mass is 32.2. The lowest BCUT2D eigenvalue weighted by atomic mass is 9.95. The maximum absolute atomic E-state index is 12.0. The summed E-state index contributed by atoms with van der Waals surface area (Å²) >= 11 is 1.88. The molecule has 0 saturated heterocycles. The van der Waals surface area contributed by atoms with Crippen molar-refractivity contribution in [3.8, 4) is 0 Å². The second-order valence-corrected chi connectivity index (χ2v) is 5.79. The predicted octanol–water partition coefficient (Wildman–Crippen LogP) is 3.51. The highest BCUT2D eigenvalue weighted by molar-refractivity contribution is 7.99. The Kier molecular flexibility index (Phi) is 2.87. The average molecular weight is 220 g/mol. The molecule has 2 heteroatoms. The van der Waals surface area contributed by atoms with Gasteiger partial charge in [0.25, 0.3) is 0 Å². The van der Waals surface area contributed by atoms with Gasteiger partial charge in [0.2, 0.25) is 0 Å². The Hall–Kier alpha value is -0.760. The molecule has 0 aliphatic carbocycles. The molecule has 1 heterocycles. The topological polar surface area (TPSA) is 17.1 Å². The van der Waals surface area contributed by atoms with E-state index in [1.807, 2.05) is 18.7 Å². The molecule has 0 N–H and O–H groups in total. The number of thioether (sulfide) groups is 1. The molecule has 1 unspecified atom stereocenters. The largest absolute Gasteiger partial charge is 0.294 e. The zero-order valence-corrected chi connectivity index (χ0v) is 10.3. The first-order valence-electron chi connectivity index (χ1n) is 5.33. The van der Waals surface area contributed by atoms with E-state index in [1.165, 1.54) is 11.1 Å². The normalized spacial score (nSPS) is 21.0. The molecular weight excluding hydrogens is 204 g/mol. The van der Waals surface area contributed by atoms with Crippen LogP contribution in [0, 0.1) is 13.8 Å². The quantitative estimate of drug-likeness (QED) is 0.665. The molecule has 2 rings (SSSR count). The summed E-state index contributed by atoms with van der Waals surface area (Å²) in [6.07, 6.45) is 0.682. The number of ketones is 1. The van der Waals surface area contributed by atoms with E-state index in [2.05, 4.69) is 26.0 Å². The number of hydrogen-bond acceptors (Lipinski definition) is 2. The number of aryl methyl sites for hydroxylation is 2. The van der Waals surface area contributed by atoms with Crippen LogP contribution in [0.1, 0.15) is 40.4 Å². The summed E-state index contributed by atoms with van der Waals surface area (Å²) in [6, 6.07) is 4.27. The van der Waals surface area contributed by atoms with Crippen LogP contribution < -0.4 is 0 Å². The van der Waals surface area contributed by atoms with Gasteiger partial charge in [-0.25, -0.2) is 0 Å². The SMILES string of the molecule is Cc1cc(C)c2c(c1)CSC(C)CC2=O. The maximum atomic E-state index is 12.0. The van der Waals surface area contributed by atoms with Gasteiger partial charge < -0.3 is 0 Å². The Morgan fingerprint density at radius 2 is 2.07 bits per heavy atom. The molecule has 0 radical (unpaired) electrons. The van der Waals surface area contributed by atoms with Crippen LogP contribution in [0.4, 0.5) is 0 Å². The van der Waals surface area contributed by atoms with Gasteiger partial charge in [0.15, 0.2) is 5.78 Å².